The first-order chi connectivity index (χ1) is 24.8. The molecule has 5 heteroatoms. The summed E-state index contributed by atoms with van der Waals surface area (Å²) in [5, 5.41) is 4.50. The highest BCUT2D eigenvalue weighted by Gasteiger charge is 2.18. The maximum Gasteiger partial charge on any atom is 0.164 e. The summed E-state index contributed by atoms with van der Waals surface area (Å²) in [4.78, 5) is 14.9. The molecule has 0 radical (unpaired) electrons. The van der Waals surface area contributed by atoms with Crippen LogP contribution in [0.3, 0.4) is 0 Å². The average molecular weight is 641 g/mol. The summed E-state index contributed by atoms with van der Waals surface area (Å²) in [6, 6.07) is 58.6. The lowest BCUT2D eigenvalue weighted by molar-refractivity contribution is 0.669. The first-order valence-corrected chi connectivity index (χ1v) is 16.7. The molecule has 3 aromatic heterocycles. The first kappa shape index (κ1) is 28.2. The third-order valence-electron chi connectivity index (χ3n) is 9.45. The van der Waals surface area contributed by atoms with E-state index in [0.717, 1.165) is 71.7 Å². The van der Waals surface area contributed by atoms with E-state index in [1.54, 1.807) is 0 Å². The molecule has 3 heterocycles. The molecule has 7 aromatic carbocycles. The van der Waals surface area contributed by atoms with Crippen molar-refractivity contribution in [1.82, 2.24) is 19.5 Å². The van der Waals surface area contributed by atoms with Crippen molar-refractivity contribution in [1.29, 1.82) is 0 Å². The van der Waals surface area contributed by atoms with Gasteiger partial charge in [0.15, 0.2) is 17.5 Å². The maximum atomic E-state index is 6.38. The van der Waals surface area contributed by atoms with Crippen LogP contribution in [0.5, 0.6) is 0 Å². The molecule has 0 unspecified atom stereocenters. The van der Waals surface area contributed by atoms with E-state index in [2.05, 4.69) is 108 Å². The summed E-state index contributed by atoms with van der Waals surface area (Å²) in [7, 11) is 0. The first-order valence-electron chi connectivity index (χ1n) is 16.7. The number of para-hydroxylation sites is 1. The fourth-order valence-corrected chi connectivity index (χ4v) is 7.14. The largest absolute Gasteiger partial charge is 0.456 e. The van der Waals surface area contributed by atoms with Crippen LogP contribution >= 0.6 is 0 Å². The molecule has 0 saturated heterocycles. The molecular weight excluding hydrogens is 613 g/mol. The molecule has 0 aliphatic rings. The van der Waals surface area contributed by atoms with Gasteiger partial charge in [0.2, 0.25) is 0 Å². The molecular formula is C45H28N4O. The van der Waals surface area contributed by atoms with Crippen LogP contribution in [0.25, 0.3) is 94.7 Å². The Kier molecular flexibility index (Phi) is 6.42. The van der Waals surface area contributed by atoms with Gasteiger partial charge in [0.1, 0.15) is 11.2 Å². The topological polar surface area (TPSA) is 56.7 Å². The average Bonchev–Trinajstić information content (AvgIpc) is 3.74. The van der Waals surface area contributed by atoms with Gasteiger partial charge in [0, 0.05) is 43.9 Å². The lowest BCUT2D eigenvalue weighted by atomic mass is 9.99. The van der Waals surface area contributed by atoms with E-state index in [9.17, 15) is 0 Å². The zero-order chi connectivity index (χ0) is 33.0. The number of fused-ring (bicyclic) bond motifs is 6. The van der Waals surface area contributed by atoms with Crippen molar-refractivity contribution in [3.63, 3.8) is 0 Å². The molecule has 0 fully saturated rings. The predicted molar refractivity (Wildman–Crippen MR) is 203 cm³/mol. The monoisotopic (exact) mass is 640 g/mol. The Morgan fingerprint density at radius 3 is 1.68 bits per heavy atom. The highest BCUT2D eigenvalue weighted by molar-refractivity contribution is 6.14. The van der Waals surface area contributed by atoms with Crippen LogP contribution in [0, 0.1) is 0 Å². The summed E-state index contributed by atoms with van der Waals surface area (Å²) in [5.41, 5.74) is 10.2. The van der Waals surface area contributed by atoms with Crippen molar-refractivity contribution in [2.24, 2.45) is 0 Å². The predicted octanol–water partition coefficient (Wildman–Crippen LogP) is 11.5. The van der Waals surface area contributed by atoms with Gasteiger partial charge < -0.3 is 8.98 Å². The van der Waals surface area contributed by atoms with Crippen LogP contribution in [0.4, 0.5) is 0 Å². The summed E-state index contributed by atoms with van der Waals surface area (Å²) < 4.78 is 8.72. The van der Waals surface area contributed by atoms with E-state index in [1.165, 1.54) is 5.56 Å². The van der Waals surface area contributed by atoms with Crippen molar-refractivity contribution in [2.45, 2.75) is 0 Å². The van der Waals surface area contributed by atoms with E-state index in [4.69, 9.17) is 19.4 Å². The van der Waals surface area contributed by atoms with E-state index in [1.807, 2.05) is 66.7 Å². The van der Waals surface area contributed by atoms with Crippen LogP contribution in [-0.2, 0) is 0 Å². The van der Waals surface area contributed by atoms with Gasteiger partial charge in [0.25, 0.3) is 0 Å². The Labute approximate surface area is 287 Å². The number of rotatable bonds is 5. The number of aromatic nitrogens is 4. The fourth-order valence-electron chi connectivity index (χ4n) is 7.14. The fraction of sp³-hybridized carbons (Fsp3) is 0. The molecule has 0 saturated carbocycles. The number of hydrogen-bond acceptors (Lipinski definition) is 4. The van der Waals surface area contributed by atoms with E-state index < -0.39 is 0 Å². The van der Waals surface area contributed by atoms with Gasteiger partial charge in [-0.2, -0.15) is 0 Å². The Balaban J connectivity index is 1.17. The summed E-state index contributed by atoms with van der Waals surface area (Å²) in [5.74, 6) is 1.93. The minimum atomic E-state index is 0.635. The molecule has 0 amide bonds. The minimum Gasteiger partial charge on any atom is -0.456 e. The van der Waals surface area contributed by atoms with Crippen LogP contribution < -0.4 is 0 Å². The van der Waals surface area contributed by atoms with Gasteiger partial charge in [-0.15, -0.1) is 0 Å². The van der Waals surface area contributed by atoms with Crippen molar-refractivity contribution >= 4 is 43.7 Å². The van der Waals surface area contributed by atoms with Gasteiger partial charge in [-0.3, -0.25) is 0 Å². The van der Waals surface area contributed by atoms with Crippen LogP contribution in [0.15, 0.2) is 174 Å². The Morgan fingerprint density at radius 1 is 0.380 bits per heavy atom. The summed E-state index contributed by atoms with van der Waals surface area (Å²) >= 11 is 0. The van der Waals surface area contributed by atoms with Crippen molar-refractivity contribution in [2.75, 3.05) is 0 Å². The third-order valence-corrected chi connectivity index (χ3v) is 9.45. The number of benzene rings is 7. The second kappa shape index (κ2) is 11.4. The van der Waals surface area contributed by atoms with Crippen LogP contribution in [0.2, 0.25) is 0 Å². The quantitative estimate of drug-likeness (QED) is 0.188. The molecule has 234 valence electrons. The lowest BCUT2D eigenvalue weighted by Crippen LogP contribution is -2.00. The number of hydrogen-bond donors (Lipinski definition) is 0. The Bertz CT molecular complexity index is 2800. The lowest BCUT2D eigenvalue weighted by Gasteiger charge is -2.10. The zero-order valence-electron chi connectivity index (χ0n) is 26.9. The Morgan fingerprint density at radius 2 is 0.980 bits per heavy atom. The van der Waals surface area contributed by atoms with Crippen molar-refractivity contribution in [3.05, 3.63) is 170 Å². The van der Waals surface area contributed by atoms with Gasteiger partial charge in [-0.05, 0) is 59.7 Å². The molecule has 0 bridgehead atoms. The number of furan rings is 1. The molecule has 5 nitrogen and oxygen atoms in total. The van der Waals surface area contributed by atoms with Crippen molar-refractivity contribution < 1.29 is 4.42 Å². The van der Waals surface area contributed by atoms with Gasteiger partial charge in [-0.25, -0.2) is 15.0 Å². The zero-order valence-corrected chi connectivity index (χ0v) is 26.9. The molecule has 0 N–H and O–H groups in total. The molecule has 0 aliphatic carbocycles. The smallest absolute Gasteiger partial charge is 0.164 e. The van der Waals surface area contributed by atoms with Gasteiger partial charge in [0.05, 0.1) is 11.0 Å². The third kappa shape index (κ3) is 4.60. The second-order valence-electron chi connectivity index (χ2n) is 12.5. The molecule has 0 atom stereocenters. The van der Waals surface area contributed by atoms with Crippen LogP contribution in [-0.4, -0.2) is 19.5 Å². The van der Waals surface area contributed by atoms with Gasteiger partial charge >= 0.3 is 0 Å². The maximum absolute atomic E-state index is 6.38. The normalized spacial score (nSPS) is 11.6. The molecule has 10 rings (SSSR count). The molecule has 0 spiro atoms. The number of nitrogens with zero attached hydrogens (tertiary/aromatic N) is 4. The molecule has 0 aliphatic heterocycles. The Hall–Kier alpha value is -6.85. The van der Waals surface area contributed by atoms with Gasteiger partial charge in [-0.1, -0.05) is 121 Å². The molecule has 50 heavy (non-hydrogen) atoms. The minimum absolute atomic E-state index is 0.635. The molecule has 10 aromatic rings. The van der Waals surface area contributed by atoms with Crippen molar-refractivity contribution in [3.8, 4) is 51.0 Å². The highest BCUT2D eigenvalue weighted by Crippen LogP contribution is 2.40. The SMILES string of the molecule is c1ccc(-c2nc(-c3ccccc3)nc(-c3ccc4c(c3)c3ccccc3n4-c3ccc4oc5cccc(-c6ccccc6)c5c4c3)n2)cc1. The standard InChI is InChI=1S/C45H28N4O/c1-4-13-29(14-5-1)34-20-12-22-41-42(34)37-28-33(24-26-40(37)50-41)49-38-21-11-10-19-35(38)36-27-32(23-25-39(36)49)45-47-43(30-15-6-2-7-16-30)46-44(48-45)31-17-8-3-9-18-31/h1-28H. The highest BCUT2D eigenvalue weighted by atomic mass is 16.3. The van der Waals surface area contributed by atoms with Crippen LogP contribution in [0.1, 0.15) is 0 Å². The second-order valence-corrected chi connectivity index (χ2v) is 12.5. The summed E-state index contributed by atoms with van der Waals surface area (Å²) in [6.45, 7) is 0. The van der Waals surface area contributed by atoms with E-state index >= 15 is 0 Å². The van der Waals surface area contributed by atoms with E-state index in [-0.39, 0.29) is 0 Å². The summed E-state index contributed by atoms with van der Waals surface area (Å²) in [6.07, 6.45) is 0. The van der Waals surface area contributed by atoms with E-state index in [0.29, 0.717) is 17.5 Å².